The third-order valence-electron chi connectivity index (χ3n) is 5.76. The molecular weight excluding hydrogens is 366 g/mol. The molecule has 7 nitrogen and oxygen atoms in total. The number of likely N-dealkylation sites (tertiary alicyclic amines) is 1. The molecule has 0 aliphatic carbocycles. The molecule has 3 N–H and O–H groups in total. The van der Waals surface area contributed by atoms with Crippen LogP contribution in [0, 0.1) is 5.92 Å². The van der Waals surface area contributed by atoms with E-state index in [2.05, 4.69) is 27.1 Å². The molecule has 1 aromatic carbocycles. The number of piperidine rings is 1. The zero-order valence-electron chi connectivity index (χ0n) is 16.7. The van der Waals surface area contributed by atoms with E-state index >= 15 is 0 Å². The maximum absolute atomic E-state index is 12.6. The lowest BCUT2D eigenvalue weighted by Crippen LogP contribution is -2.41. The molecule has 1 unspecified atom stereocenters. The van der Waals surface area contributed by atoms with Gasteiger partial charge in [0.05, 0.1) is 17.3 Å². The van der Waals surface area contributed by atoms with Gasteiger partial charge in [0.25, 0.3) is 0 Å². The van der Waals surface area contributed by atoms with E-state index in [4.69, 9.17) is 5.73 Å². The summed E-state index contributed by atoms with van der Waals surface area (Å²) in [4.78, 5) is 29.7. The Balaban J connectivity index is 1.37. The highest BCUT2D eigenvalue weighted by Crippen LogP contribution is 2.25. The minimum atomic E-state index is -0.219. The summed E-state index contributed by atoms with van der Waals surface area (Å²) in [5.74, 6) is -0.232. The highest BCUT2D eigenvalue weighted by molar-refractivity contribution is 5.95. The van der Waals surface area contributed by atoms with Crippen molar-refractivity contribution < 1.29 is 9.59 Å². The summed E-state index contributed by atoms with van der Waals surface area (Å²) in [5, 5.41) is 5.56. The zero-order valence-corrected chi connectivity index (χ0v) is 16.7. The molecule has 0 saturated carbocycles. The number of aromatic nitrogens is 3. The zero-order chi connectivity index (χ0) is 20.4. The number of nitrogens with two attached hydrogens (primary N) is 1. The Kier molecular flexibility index (Phi) is 5.49. The third kappa shape index (κ3) is 4.24. The number of hydrogen-bond donors (Lipinski definition) is 2. The Labute approximate surface area is 169 Å². The first-order valence-electron chi connectivity index (χ1n) is 10.2. The second-order valence-corrected chi connectivity index (χ2v) is 7.88. The summed E-state index contributed by atoms with van der Waals surface area (Å²) in [6, 6.07) is 12.0. The number of aryl methyl sites for hydroxylation is 1. The van der Waals surface area contributed by atoms with Crippen LogP contribution in [0.5, 0.6) is 0 Å². The number of nitrogens with zero attached hydrogens (tertiary/aromatic N) is 3. The summed E-state index contributed by atoms with van der Waals surface area (Å²) >= 11 is 0. The molecule has 1 amide bonds. The van der Waals surface area contributed by atoms with E-state index in [0.29, 0.717) is 18.7 Å². The van der Waals surface area contributed by atoms with Gasteiger partial charge in [0.2, 0.25) is 5.91 Å². The fourth-order valence-corrected chi connectivity index (χ4v) is 4.15. The van der Waals surface area contributed by atoms with Gasteiger partial charge < -0.3 is 15.6 Å². The van der Waals surface area contributed by atoms with Gasteiger partial charge in [-0.15, -0.1) is 0 Å². The van der Waals surface area contributed by atoms with E-state index < -0.39 is 0 Å². The Morgan fingerprint density at radius 1 is 1.28 bits per heavy atom. The highest BCUT2D eigenvalue weighted by Gasteiger charge is 2.24. The first-order valence-corrected chi connectivity index (χ1v) is 10.2. The van der Waals surface area contributed by atoms with Gasteiger partial charge in [-0.25, -0.2) is 0 Å². The third-order valence-corrected chi connectivity index (χ3v) is 5.76. The lowest BCUT2D eigenvalue weighted by molar-refractivity contribution is -0.123. The van der Waals surface area contributed by atoms with Crippen molar-refractivity contribution in [2.45, 2.75) is 25.7 Å². The van der Waals surface area contributed by atoms with Gasteiger partial charge in [-0.05, 0) is 50.6 Å². The summed E-state index contributed by atoms with van der Waals surface area (Å²) in [5.41, 5.74) is 8.84. The molecule has 152 valence electrons. The first-order chi connectivity index (χ1) is 14.0. The second kappa shape index (κ2) is 8.21. The topological polar surface area (TPSA) is 97.0 Å². The SMILES string of the molecule is Cn1nc(C(=O)CCCN2CCCC(C(N)=O)C2)cc1-c1cc2ccccc2[nH]1. The largest absolute Gasteiger partial charge is 0.369 e. The fourth-order valence-electron chi connectivity index (χ4n) is 4.15. The maximum Gasteiger partial charge on any atom is 0.221 e. The van der Waals surface area contributed by atoms with Crippen molar-refractivity contribution >= 4 is 22.6 Å². The van der Waals surface area contributed by atoms with Crippen molar-refractivity contribution in [3.05, 3.63) is 42.1 Å². The average molecular weight is 393 g/mol. The number of carbonyl (C=O) groups is 2. The molecule has 0 bridgehead atoms. The smallest absolute Gasteiger partial charge is 0.221 e. The lowest BCUT2D eigenvalue weighted by Gasteiger charge is -2.30. The number of para-hydroxylation sites is 1. The maximum atomic E-state index is 12.6. The number of ketones is 1. The van der Waals surface area contributed by atoms with E-state index in [0.717, 1.165) is 54.6 Å². The van der Waals surface area contributed by atoms with Gasteiger partial charge >= 0.3 is 0 Å². The number of amides is 1. The second-order valence-electron chi connectivity index (χ2n) is 7.88. The number of carbonyl (C=O) groups excluding carboxylic acids is 2. The molecule has 1 aliphatic heterocycles. The first kappa shape index (κ1) is 19.4. The van der Waals surface area contributed by atoms with Crippen LogP contribution in [0.1, 0.15) is 36.2 Å². The number of fused-ring (bicyclic) bond motifs is 1. The minimum absolute atomic E-state index is 0.0476. The van der Waals surface area contributed by atoms with Crippen molar-refractivity contribution in [2.75, 3.05) is 19.6 Å². The molecule has 7 heteroatoms. The molecule has 1 atom stereocenters. The Bertz CT molecular complexity index is 1000. The molecule has 3 aromatic rings. The van der Waals surface area contributed by atoms with Crippen LogP contribution in [0.2, 0.25) is 0 Å². The molecule has 29 heavy (non-hydrogen) atoms. The van der Waals surface area contributed by atoms with Crippen LogP contribution in [0.4, 0.5) is 0 Å². The van der Waals surface area contributed by atoms with E-state index in [1.807, 2.05) is 31.3 Å². The van der Waals surface area contributed by atoms with Gasteiger partial charge in [-0.2, -0.15) is 5.10 Å². The molecule has 4 rings (SSSR count). The number of aromatic amines is 1. The van der Waals surface area contributed by atoms with Gasteiger partial charge in [0.1, 0.15) is 5.69 Å². The van der Waals surface area contributed by atoms with E-state index in [1.54, 1.807) is 4.68 Å². The van der Waals surface area contributed by atoms with Crippen molar-refractivity contribution in [1.29, 1.82) is 0 Å². The number of nitrogens with one attached hydrogen (secondary N) is 1. The number of Topliss-reactive ketones (excluding diaryl/α,β-unsaturated/α-hetero) is 1. The van der Waals surface area contributed by atoms with Gasteiger partial charge in [0, 0.05) is 30.9 Å². The number of hydrogen-bond acceptors (Lipinski definition) is 4. The number of H-pyrrole nitrogens is 1. The molecule has 0 radical (unpaired) electrons. The van der Waals surface area contributed by atoms with Crippen molar-refractivity contribution in [1.82, 2.24) is 19.7 Å². The van der Waals surface area contributed by atoms with Crippen molar-refractivity contribution in [3.8, 4) is 11.4 Å². The normalized spacial score (nSPS) is 17.6. The molecule has 1 fully saturated rings. The van der Waals surface area contributed by atoms with Gasteiger partial charge in [-0.1, -0.05) is 18.2 Å². The summed E-state index contributed by atoms with van der Waals surface area (Å²) < 4.78 is 1.75. The molecule has 2 aromatic heterocycles. The molecule has 1 aliphatic rings. The summed E-state index contributed by atoms with van der Waals surface area (Å²) in [6.07, 6.45) is 3.05. The Morgan fingerprint density at radius 2 is 2.10 bits per heavy atom. The van der Waals surface area contributed by atoms with Crippen LogP contribution in [-0.4, -0.2) is 51.0 Å². The lowest BCUT2D eigenvalue weighted by atomic mass is 9.97. The molecule has 1 saturated heterocycles. The number of benzene rings is 1. The predicted molar refractivity (Wildman–Crippen MR) is 112 cm³/mol. The average Bonchev–Trinajstić information content (AvgIpc) is 3.31. The fraction of sp³-hybridized carbons (Fsp3) is 0.409. The van der Waals surface area contributed by atoms with Crippen LogP contribution in [-0.2, 0) is 11.8 Å². The van der Waals surface area contributed by atoms with Crippen LogP contribution in [0.3, 0.4) is 0 Å². The standard InChI is InChI=1S/C22H27N5O2/c1-26-20(18-12-15-6-2-3-8-17(15)24-18)13-19(25-26)21(28)9-5-11-27-10-4-7-16(14-27)22(23)29/h2-3,6,8,12-13,16,24H,4-5,7,9-11,14H2,1H3,(H2,23,29). The van der Waals surface area contributed by atoms with Crippen LogP contribution < -0.4 is 5.73 Å². The van der Waals surface area contributed by atoms with Crippen LogP contribution in [0.25, 0.3) is 22.3 Å². The van der Waals surface area contributed by atoms with Crippen molar-refractivity contribution in [3.63, 3.8) is 0 Å². The van der Waals surface area contributed by atoms with Gasteiger partial charge in [0.15, 0.2) is 5.78 Å². The quantitative estimate of drug-likeness (QED) is 0.603. The highest BCUT2D eigenvalue weighted by atomic mass is 16.1. The Morgan fingerprint density at radius 3 is 2.90 bits per heavy atom. The van der Waals surface area contributed by atoms with Gasteiger partial charge in [-0.3, -0.25) is 14.3 Å². The summed E-state index contributed by atoms with van der Waals surface area (Å²) in [7, 11) is 1.86. The number of rotatable bonds is 7. The molecule has 0 spiro atoms. The summed E-state index contributed by atoms with van der Waals surface area (Å²) in [6.45, 7) is 2.47. The Hall–Kier alpha value is -2.93. The van der Waals surface area contributed by atoms with Crippen molar-refractivity contribution in [2.24, 2.45) is 18.7 Å². The monoisotopic (exact) mass is 393 g/mol. The van der Waals surface area contributed by atoms with Crippen LogP contribution >= 0.6 is 0 Å². The molecular formula is C22H27N5O2. The van der Waals surface area contributed by atoms with E-state index in [1.165, 1.54) is 0 Å². The van der Waals surface area contributed by atoms with Crippen LogP contribution in [0.15, 0.2) is 36.4 Å². The van der Waals surface area contributed by atoms with E-state index in [-0.39, 0.29) is 17.6 Å². The molecule has 3 heterocycles. The van der Waals surface area contributed by atoms with E-state index in [9.17, 15) is 9.59 Å². The predicted octanol–water partition coefficient (Wildman–Crippen LogP) is 2.73. The minimum Gasteiger partial charge on any atom is -0.369 e. The number of primary amides is 1.